The molecule has 8 nitrogen and oxygen atoms in total. The molecule has 1 aliphatic rings. The fraction of sp³-hybridized carbons (Fsp3) is 0.333. The summed E-state index contributed by atoms with van der Waals surface area (Å²) in [5, 5.41) is 14.1. The van der Waals surface area contributed by atoms with Gasteiger partial charge in [0.1, 0.15) is 18.2 Å². The van der Waals surface area contributed by atoms with Crippen molar-refractivity contribution < 1.29 is 18.7 Å². The maximum atomic E-state index is 13.3. The zero-order valence-corrected chi connectivity index (χ0v) is 19.4. The van der Waals surface area contributed by atoms with Crippen LogP contribution >= 0.6 is 11.3 Å². The van der Waals surface area contributed by atoms with Crippen LogP contribution in [0.25, 0.3) is 0 Å². The van der Waals surface area contributed by atoms with E-state index in [0.29, 0.717) is 28.6 Å². The zero-order valence-electron chi connectivity index (χ0n) is 18.6. The second-order valence-electron chi connectivity index (χ2n) is 7.94. The minimum Gasteiger partial charge on any atom is -0.486 e. The first-order chi connectivity index (χ1) is 16.6. The number of benzene rings is 2. The third kappa shape index (κ3) is 6.82. The first-order valence-electron chi connectivity index (χ1n) is 11.2. The Hall–Kier alpha value is -3.37. The lowest BCUT2D eigenvalue weighted by molar-refractivity contribution is 0.0945. The first-order valence-corrected chi connectivity index (χ1v) is 12.0. The molecule has 0 aliphatic carbocycles. The van der Waals surface area contributed by atoms with E-state index in [-0.39, 0.29) is 17.5 Å². The molecule has 0 unspecified atom stereocenters. The average Bonchev–Trinajstić information content (AvgIpc) is 3.33. The predicted octanol–water partition coefficient (Wildman–Crippen LogP) is 3.72. The van der Waals surface area contributed by atoms with E-state index in [1.54, 1.807) is 30.3 Å². The second kappa shape index (κ2) is 11.7. The van der Waals surface area contributed by atoms with Crippen LogP contribution in [0.2, 0.25) is 0 Å². The van der Waals surface area contributed by atoms with Crippen LogP contribution < -0.4 is 15.4 Å². The van der Waals surface area contributed by atoms with Gasteiger partial charge in [-0.25, -0.2) is 4.39 Å². The number of aromatic nitrogens is 2. The van der Waals surface area contributed by atoms with Gasteiger partial charge in [0, 0.05) is 24.3 Å². The lowest BCUT2D eigenvalue weighted by atomic mass is 10.1. The maximum absolute atomic E-state index is 13.3. The Bertz CT molecular complexity index is 1120. The van der Waals surface area contributed by atoms with Crippen molar-refractivity contribution >= 4 is 28.8 Å². The van der Waals surface area contributed by atoms with Gasteiger partial charge in [-0.05, 0) is 68.4 Å². The Kier molecular flexibility index (Phi) is 8.16. The standard InChI is InChI=1S/C24H26FN5O3S/c25-18-5-4-6-19(15-18)27-23(32)24-29-28-21(34-24)16-33-20-9-7-17(8-10-20)22(31)26-11-14-30-12-2-1-3-13-30/h4-10,15H,1-3,11-14,16H2,(H,26,31)(H,27,32). The van der Waals surface area contributed by atoms with Gasteiger partial charge in [0.15, 0.2) is 5.01 Å². The molecule has 2 amide bonds. The number of likely N-dealkylation sites (tertiary alicyclic amines) is 1. The van der Waals surface area contributed by atoms with Crippen LogP contribution in [0.4, 0.5) is 10.1 Å². The molecule has 3 aromatic rings. The normalized spacial score (nSPS) is 13.9. The highest BCUT2D eigenvalue weighted by molar-refractivity contribution is 7.13. The second-order valence-corrected chi connectivity index (χ2v) is 9.00. The van der Waals surface area contributed by atoms with Crippen LogP contribution in [0, 0.1) is 5.82 Å². The quantitative estimate of drug-likeness (QED) is 0.482. The van der Waals surface area contributed by atoms with E-state index in [1.807, 2.05) is 0 Å². The number of ether oxygens (including phenoxy) is 1. The van der Waals surface area contributed by atoms with Crippen molar-refractivity contribution in [3.63, 3.8) is 0 Å². The summed E-state index contributed by atoms with van der Waals surface area (Å²) in [6, 6.07) is 12.5. The fourth-order valence-electron chi connectivity index (χ4n) is 3.61. The van der Waals surface area contributed by atoms with Crippen molar-refractivity contribution in [3.05, 3.63) is 69.9 Å². The molecule has 0 atom stereocenters. The van der Waals surface area contributed by atoms with Crippen molar-refractivity contribution in [2.75, 3.05) is 31.5 Å². The first kappa shape index (κ1) is 23.8. The van der Waals surface area contributed by atoms with Crippen molar-refractivity contribution in [1.82, 2.24) is 20.4 Å². The van der Waals surface area contributed by atoms with E-state index in [1.165, 1.54) is 37.5 Å². The summed E-state index contributed by atoms with van der Waals surface area (Å²) in [7, 11) is 0. The molecule has 2 aromatic carbocycles. The Labute approximate surface area is 201 Å². The number of anilines is 1. The summed E-state index contributed by atoms with van der Waals surface area (Å²) in [6.45, 7) is 3.85. The highest BCUT2D eigenvalue weighted by Crippen LogP contribution is 2.18. The van der Waals surface area contributed by atoms with Gasteiger partial charge < -0.3 is 20.3 Å². The molecule has 1 saturated heterocycles. The monoisotopic (exact) mass is 483 g/mol. The van der Waals surface area contributed by atoms with Crippen LogP contribution in [0.1, 0.15) is 44.4 Å². The number of nitrogens with one attached hydrogen (secondary N) is 2. The number of amides is 2. The maximum Gasteiger partial charge on any atom is 0.286 e. The number of halogens is 1. The lowest BCUT2D eigenvalue weighted by Gasteiger charge is -2.26. The highest BCUT2D eigenvalue weighted by atomic mass is 32.1. The van der Waals surface area contributed by atoms with Crippen LogP contribution in [0.5, 0.6) is 5.75 Å². The molecule has 1 aliphatic heterocycles. The van der Waals surface area contributed by atoms with Gasteiger partial charge in [0.2, 0.25) is 5.01 Å². The average molecular weight is 484 g/mol. The number of carbonyl (C=O) groups is 2. The van der Waals surface area contributed by atoms with E-state index >= 15 is 0 Å². The van der Waals surface area contributed by atoms with E-state index in [4.69, 9.17) is 4.74 Å². The molecular weight excluding hydrogens is 457 g/mol. The van der Waals surface area contributed by atoms with E-state index in [9.17, 15) is 14.0 Å². The molecule has 1 fully saturated rings. The lowest BCUT2D eigenvalue weighted by Crippen LogP contribution is -2.37. The summed E-state index contributed by atoms with van der Waals surface area (Å²) in [4.78, 5) is 27.0. The Morgan fingerprint density at radius 2 is 1.82 bits per heavy atom. The molecule has 34 heavy (non-hydrogen) atoms. The zero-order chi connectivity index (χ0) is 23.8. The van der Waals surface area contributed by atoms with Crippen LogP contribution in [0.15, 0.2) is 48.5 Å². The number of hydrogen-bond donors (Lipinski definition) is 2. The Morgan fingerprint density at radius 3 is 2.59 bits per heavy atom. The largest absolute Gasteiger partial charge is 0.486 e. The van der Waals surface area contributed by atoms with Gasteiger partial charge in [-0.3, -0.25) is 9.59 Å². The topological polar surface area (TPSA) is 96.5 Å². The smallest absolute Gasteiger partial charge is 0.286 e. The Morgan fingerprint density at radius 1 is 1.03 bits per heavy atom. The minimum atomic E-state index is -0.468. The van der Waals surface area contributed by atoms with Crippen LogP contribution in [-0.2, 0) is 6.61 Å². The third-order valence-electron chi connectivity index (χ3n) is 5.38. The fourth-order valence-corrected chi connectivity index (χ4v) is 4.26. The predicted molar refractivity (Wildman–Crippen MR) is 128 cm³/mol. The molecular formula is C24H26FN5O3S. The number of piperidine rings is 1. The number of rotatable bonds is 9. The minimum absolute atomic E-state index is 0.110. The molecule has 0 radical (unpaired) electrons. The summed E-state index contributed by atoms with van der Waals surface area (Å²) in [5.74, 6) is -0.442. The van der Waals surface area contributed by atoms with Crippen molar-refractivity contribution in [2.24, 2.45) is 0 Å². The number of hydrogen-bond acceptors (Lipinski definition) is 7. The summed E-state index contributed by atoms with van der Waals surface area (Å²) < 4.78 is 19.0. The van der Waals surface area contributed by atoms with E-state index < -0.39 is 11.7 Å². The molecule has 0 bridgehead atoms. The van der Waals surface area contributed by atoms with Gasteiger partial charge in [0.25, 0.3) is 11.8 Å². The summed E-state index contributed by atoms with van der Waals surface area (Å²) in [5.41, 5.74) is 0.909. The van der Waals surface area contributed by atoms with Crippen molar-refractivity contribution in [3.8, 4) is 5.75 Å². The molecule has 0 spiro atoms. The van der Waals surface area contributed by atoms with Crippen LogP contribution in [0.3, 0.4) is 0 Å². The highest BCUT2D eigenvalue weighted by Gasteiger charge is 2.14. The number of nitrogens with zero attached hydrogens (tertiary/aromatic N) is 3. The van der Waals surface area contributed by atoms with E-state index in [2.05, 4.69) is 25.7 Å². The molecule has 1 aromatic heterocycles. The van der Waals surface area contributed by atoms with Crippen LogP contribution in [-0.4, -0.2) is 53.1 Å². The molecule has 2 N–H and O–H groups in total. The van der Waals surface area contributed by atoms with Gasteiger partial charge in [-0.15, -0.1) is 10.2 Å². The van der Waals surface area contributed by atoms with E-state index in [0.717, 1.165) is 31.0 Å². The molecule has 178 valence electrons. The SMILES string of the molecule is O=C(NCCN1CCCCC1)c1ccc(OCc2nnc(C(=O)Nc3cccc(F)c3)s2)cc1. The van der Waals surface area contributed by atoms with Gasteiger partial charge in [0.05, 0.1) is 0 Å². The molecule has 10 heteroatoms. The molecule has 2 heterocycles. The third-order valence-corrected chi connectivity index (χ3v) is 6.28. The molecule has 0 saturated carbocycles. The molecule has 4 rings (SSSR count). The van der Waals surface area contributed by atoms with Crippen molar-refractivity contribution in [1.29, 1.82) is 0 Å². The summed E-state index contributed by atoms with van der Waals surface area (Å²) in [6.07, 6.45) is 3.76. The summed E-state index contributed by atoms with van der Waals surface area (Å²) >= 11 is 1.09. The van der Waals surface area contributed by atoms with Gasteiger partial charge in [-0.1, -0.05) is 23.8 Å². The van der Waals surface area contributed by atoms with Gasteiger partial charge in [-0.2, -0.15) is 0 Å². The van der Waals surface area contributed by atoms with Gasteiger partial charge >= 0.3 is 0 Å². The Balaban J connectivity index is 1.22. The van der Waals surface area contributed by atoms with Crippen molar-refractivity contribution in [2.45, 2.75) is 25.9 Å². The number of carbonyl (C=O) groups excluding carboxylic acids is 2.